The molecular formula is C12H8ClN3O. The number of hydrogen-bond donors (Lipinski definition) is 1. The number of imidazole rings is 1. The largest absolute Gasteiger partial charge is 0.322 e. The highest BCUT2D eigenvalue weighted by atomic mass is 35.5. The monoisotopic (exact) mass is 245 g/mol. The molecule has 84 valence electrons. The molecule has 2 aromatic heterocycles. The van der Waals surface area contributed by atoms with Crippen LogP contribution in [0.2, 0.25) is 5.02 Å². The second-order valence-corrected chi connectivity index (χ2v) is 4.09. The lowest BCUT2D eigenvalue weighted by atomic mass is 10.2. The van der Waals surface area contributed by atoms with Gasteiger partial charge in [0.2, 0.25) is 5.56 Å². The third-order valence-electron chi connectivity index (χ3n) is 2.57. The van der Waals surface area contributed by atoms with Crippen LogP contribution in [0.1, 0.15) is 0 Å². The predicted octanol–water partition coefficient (Wildman–Crippen LogP) is 2.37. The van der Waals surface area contributed by atoms with Gasteiger partial charge in [0.1, 0.15) is 0 Å². The molecular weight excluding hydrogens is 238 g/mol. The molecule has 5 heteroatoms. The molecule has 2 heterocycles. The number of nitrogens with zero attached hydrogens (tertiary/aromatic N) is 2. The van der Waals surface area contributed by atoms with Crippen LogP contribution in [0.25, 0.3) is 16.6 Å². The van der Waals surface area contributed by atoms with E-state index < -0.39 is 0 Å². The van der Waals surface area contributed by atoms with E-state index >= 15 is 0 Å². The Morgan fingerprint density at radius 3 is 2.94 bits per heavy atom. The zero-order valence-electron chi connectivity index (χ0n) is 8.72. The molecule has 3 rings (SSSR count). The van der Waals surface area contributed by atoms with E-state index in [9.17, 15) is 4.79 Å². The minimum absolute atomic E-state index is 0.128. The van der Waals surface area contributed by atoms with Crippen molar-refractivity contribution >= 4 is 22.5 Å². The Balaban J connectivity index is 2.33. The Kier molecular flexibility index (Phi) is 2.23. The second-order valence-electron chi connectivity index (χ2n) is 3.68. The van der Waals surface area contributed by atoms with Gasteiger partial charge in [-0.15, -0.1) is 0 Å². The third-order valence-corrected chi connectivity index (χ3v) is 2.88. The van der Waals surface area contributed by atoms with E-state index in [1.807, 2.05) is 12.1 Å². The first-order valence-electron chi connectivity index (χ1n) is 5.05. The number of aromatic nitrogens is 3. The summed E-state index contributed by atoms with van der Waals surface area (Å²) in [5.41, 5.74) is 1.42. The van der Waals surface area contributed by atoms with Gasteiger partial charge in [0.25, 0.3) is 0 Å². The summed E-state index contributed by atoms with van der Waals surface area (Å²) in [6, 6.07) is 6.89. The molecule has 3 aromatic rings. The van der Waals surface area contributed by atoms with E-state index in [0.717, 1.165) is 16.6 Å². The van der Waals surface area contributed by atoms with E-state index in [1.165, 1.54) is 6.07 Å². The van der Waals surface area contributed by atoms with Gasteiger partial charge in [0.15, 0.2) is 0 Å². The highest BCUT2D eigenvalue weighted by Crippen LogP contribution is 2.25. The average Bonchev–Trinajstić information content (AvgIpc) is 2.82. The number of pyridine rings is 1. The first-order valence-corrected chi connectivity index (χ1v) is 5.43. The first-order chi connectivity index (χ1) is 8.24. The molecule has 0 atom stereocenters. The molecule has 0 saturated heterocycles. The molecule has 0 saturated carbocycles. The summed E-state index contributed by atoms with van der Waals surface area (Å²) in [5.74, 6) is 0. The van der Waals surface area contributed by atoms with Gasteiger partial charge in [-0.05, 0) is 23.6 Å². The smallest absolute Gasteiger partial charge is 0.248 e. The maximum Gasteiger partial charge on any atom is 0.248 e. The van der Waals surface area contributed by atoms with Crippen LogP contribution < -0.4 is 5.56 Å². The van der Waals surface area contributed by atoms with E-state index in [1.54, 1.807) is 29.4 Å². The molecule has 0 spiro atoms. The van der Waals surface area contributed by atoms with Crippen molar-refractivity contribution in [1.29, 1.82) is 0 Å². The summed E-state index contributed by atoms with van der Waals surface area (Å²) in [4.78, 5) is 18.0. The van der Waals surface area contributed by atoms with Crippen molar-refractivity contribution in [2.75, 3.05) is 0 Å². The summed E-state index contributed by atoms with van der Waals surface area (Å²) in [6.45, 7) is 0. The molecule has 0 radical (unpaired) electrons. The lowest BCUT2D eigenvalue weighted by Gasteiger charge is -2.06. The van der Waals surface area contributed by atoms with Crippen molar-refractivity contribution in [2.24, 2.45) is 0 Å². The summed E-state index contributed by atoms with van der Waals surface area (Å²) in [5, 5.41) is 1.51. The molecule has 0 bridgehead atoms. The number of benzene rings is 1. The first kappa shape index (κ1) is 10.1. The standard InChI is InChI=1S/C12H8ClN3O/c13-9-5-8-1-2-12(17)15-10(8)6-11(9)16-4-3-14-7-16/h1-7H,(H,15,17). The van der Waals surface area contributed by atoms with Crippen molar-refractivity contribution in [3.8, 4) is 5.69 Å². The van der Waals surface area contributed by atoms with Gasteiger partial charge in [-0.3, -0.25) is 4.79 Å². The summed E-state index contributed by atoms with van der Waals surface area (Å²) in [6.07, 6.45) is 5.14. The van der Waals surface area contributed by atoms with Crippen LogP contribution in [0, 0.1) is 0 Å². The Bertz CT molecular complexity index is 731. The van der Waals surface area contributed by atoms with Gasteiger partial charge in [-0.25, -0.2) is 4.98 Å². The van der Waals surface area contributed by atoms with Gasteiger partial charge in [0, 0.05) is 18.5 Å². The van der Waals surface area contributed by atoms with Gasteiger partial charge in [0.05, 0.1) is 22.6 Å². The van der Waals surface area contributed by atoms with Crippen LogP contribution in [0.3, 0.4) is 0 Å². The molecule has 17 heavy (non-hydrogen) atoms. The van der Waals surface area contributed by atoms with Crippen molar-refractivity contribution in [3.63, 3.8) is 0 Å². The molecule has 0 aliphatic carbocycles. The van der Waals surface area contributed by atoms with Crippen LogP contribution >= 0.6 is 11.6 Å². The number of halogens is 1. The molecule has 0 aliphatic heterocycles. The lowest BCUT2D eigenvalue weighted by molar-refractivity contribution is 1.06. The van der Waals surface area contributed by atoms with Gasteiger partial charge in [-0.1, -0.05) is 11.6 Å². The number of H-pyrrole nitrogens is 1. The predicted molar refractivity (Wildman–Crippen MR) is 66.7 cm³/mol. The fourth-order valence-corrected chi connectivity index (χ4v) is 2.03. The van der Waals surface area contributed by atoms with Crippen molar-refractivity contribution in [3.05, 3.63) is 58.4 Å². The molecule has 1 N–H and O–H groups in total. The average molecular weight is 246 g/mol. The highest BCUT2D eigenvalue weighted by molar-refractivity contribution is 6.33. The Hall–Kier alpha value is -2.07. The van der Waals surface area contributed by atoms with Crippen LogP contribution in [0.15, 0.2) is 47.8 Å². The molecule has 0 aliphatic rings. The van der Waals surface area contributed by atoms with Crippen LogP contribution in [0.4, 0.5) is 0 Å². The summed E-state index contributed by atoms with van der Waals surface area (Å²) < 4.78 is 1.80. The van der Waals surface area contributed by atoms with Gasteiger partial charge >= 0.3 is 0 Å². The number of nitrogens with one attached hydrogen (secondary N) is 1. The fourth-order valence-electron chi connectivity index (χ4n) is 1.76. The number of rotatable bonds is 1. The van der Waals surface area contributed by atoms with Crippen molar-refractivity contribution in [1.82, 2.24) is 14.5 Å². The maximum absolute atomic E-state index is 11.3. The quantitative estimate of drug-likeness (QED) is 0.716. The number of hydrogen-bond acceptors (Lipinski definition) is 2. The Labute approximate surface area is 101 Å². The van der Waals surface area contributed by atoms with Gasteiger partial charge < -0.3 is 9.55 Å². The highest BCUT2D eigenvalue weighted by Gasteiger charge is 2.05. The SMILES string of the molecule is O=c1ccc2cc(Cl)c(-n3ccnc3)cc2[nH]1. The number of aromatic amines is 1. The van der Waals surface area contributed by atoms with Crippen LogP contribution in [-0.2, 0) is 0 Å². The van der Waals surface area contributed by atoms with Crippen LogP contribution in [-0.4, -0.2) is 14.5 Å². The molecule has 0 amide bonds. The van der Waals surface area contributed by atoms with E-state index in [2.05, 4.69) is 9.97 Å². The van der Waals surface area contributed by atoms with E-state index in [4.69, 9.17) is 11.6 Å². The molecule has 0 unspecified atom stereocenters. The molecule has 1 aromatic carbocycles. The third kappa shape index (κ3) is 1.72. The molecule has 0 fully saturated rings. The zero-order valence-corrected chi connectivity index (χ0v) is 9.48. The lowest BCUT2D eigenvalue weighted by Crippen LogP contribution is -2.03. The topological polar surface area (TPSA) is 50.7 Å². The number of fused-ring (bicyclic) bond motifs is 1. The van der Waals surface area contributed by atoms with E-state index in [-0.39, 0.29) is 5.56 Å². The minimum Gasteiger partial charge on any atom is -0.322 e. The fraction of sp³-hybridized carbons (Fsp3) is 0. The van der Waals surface area contributed by atoms with E-state index in [0.29, 0.717) is 5.02 Å². The van der Waals surface area contributed by atoms with Crippen molar-refractivity contribution in [2.45, 2.75) is 0 Å². The normalized spacial score (nSPS) is 10.9. The zero-order chi connectivity index (χ0) is 11.8. The summed E-state index contributed by atoms with van der Waals surface area (Å²) in [7, 11) is 0. The second kappa shape index (κ2) is 3.75. The Morgan fingerprint density at radius 2 is 2.18 bits per heavy atom. The maximum atomic E-state index is 11.3. The van der Waals surface area contributed by atoms with Crippen LogP contribution in [0.5, 0.6) is 0 Å². The minimum atomic E-state index is -0.128. The molecule has 4 nitrogen and oxygen atoms in total. The van der Waals surface area contributed by atoms with Gasteiger partial charge in [-0.2, -0.15) is 0 Å². The van der Waals surface area contributed by atoms with Crippen molar-refractivity contribution < 1.29 is 0 Å². The summed E-state index contributed by atoms with van der Waals surface area (Å²) >= 11 is 6.19. The Morgan fingerprint density at radius 1 is 1.29 bits per heavy atom.